The summed E-state index contributed by atoms with van der Waals surface area (Å²) in [6, 6.07) is -0.560. The van der Waals surface area contributed by atoms with E-state index < -0.39 is 27.4 Å². The van der Waals surface area contributed by atoms with Crippen LogP contribution in [0.4, 0.5) is 4.79 Å². The average Bonchev–Trinajstić information content (AvgIpc) is 2.24. The van der Waals surface area contributed by atoms with E-state index in [0.29, 0.717) is 0 Å². The van der Waals surface area contributed by atoms with Crippen LogP contribution < -0.4 is 10.3 Å². The highest BCUT2D eigenvalue weighted by molar-refractivity contribution is 8.62. The lowest BCUT2D eigenvalue weighted by Gasteiger charge is -2.12. The van der Waals surface area contributed by atoms with Crippen LogP contribution in [0.5, 0.6) is 0 Å². The highest BCUT2D eigenvalue weighted by atomic mass is 33.1. The van der Waals surface area contributed by atoms with E-state index >= 15 is 0 Å². The number of cyclic esters (lactones) is 2. The van der Waals surface area contributed by atoms with Crippen LogP contribution in [-0.2, 0) is 18.5 Å². The van der Waals surface area contributed by atoms with E-state index in [4.69, 9.17) is 0 Å². The van der Waals surface area contributed by atoms with Crippen LogP contribution in [0.3, 0.4) is 0 Å². The molecule has 1 heterocycles. The molecule has 0 saturated carbocycles. The lowest BCUT2D eigenvalue weighted by Crippen LogP contribution is -2.47. The van der Waals surface area contributed by atoms with Crippen molar-refractivity contribution in [3.8, 4) is 0 Å². The van der Waals surface area contributed by atoms with Gasteiger partial charge in [-0.05, 0) is 11.7 Å². The number of thiol groups is 1. The monoisotopic (exact) mass is 226 g/mol. The molecule has 0 aromatic carbocycles. The Labute approximate surface area is 80.4 Å². The molecule has 0 amide bonds. The fraction of sp³-hybridized carbons (Fsp3) is 0.667. The molecule has 2 unspecified atom stereocenters. The first-order valence-electron chi connectivity index (χ1n) is 3.25. The van der Waals surface area contributed by atoms with Crippen molar-refractivity contribution in [2.45, 2.75) is 12.2 Å². The van der Waals surface area contributed by atoms with Crippen molar-refractivity contribution in [1.29, 1.82) is 0 Å². The van der Waals surface area contributed by atoms with E-state index in [9.17, 15) is 13.2 Å². The predicted molar refractivity (Wildman–Crippen MR) is 47.9 cm³/mol. The number of ether oxygens (including phenoxy) is 2. The van der Waals surface area contributed by atoms with Gasteiger partial charge >= 0.3 is 6.16 Å². The summed E-state index contributed by atoms with van der Waals surface area (Å²) in [7, 11) is -2.12. The Morgan fingerprint density at radius 3 is 2.46 bits per heavy atom. The molecule has 10 heteroatoms. The van der Waals surface area contributed by atoms with E-state index in [-0.39, 0.29) is 0 Å². The molecule has 0 spiro atoms. The van der Waals surface area contributed by atoms with E-state index in [0.717, 1.165) is 0 Å². The number of hydrogen-bond donors (Lipinski definition) is 3. The van der Waals surface area contributed by atoms with Crippen LogP contribution in [0.15, 0.2) is 0 Å². The zero-order valence-corrected chi connectivity index (χ0v) is 8.26. The SMILES string of the molecule is BC1OC(=O)OC1NNS(=O)(=O)S. The van der Waals surface area contributed by atoms with E-state index in [1.807, 2.05) is 4.83 Å². The van der Waals surface area contributed by atoms with Crippen molar-refractivity contribution in [1.82, 2.24) is 10.3 Å². The minimum absolute atomic E-state index is 0.560. The second-order valence-electron chi connectivity index (χ2n) is 2.33. The van der Waals surface area contributed by atoms with Crippen molar-refractivity contribution in [2.24, 2.45) is 0 Å². The summed E-state index contributed by atoms with van der Waals surface area (Å²) in [5, 5.41) is 0. The Morgan fingerprint density at radius 1 is 1.46 bits per heavy atom. The standard InChI is InChI=1S/C3H7BN2O5S2/c4-1-2(11-3(7)10-1)5-6-13(8,9)12/h1-2,5-6H,4H2,(H,8,9,12). The van der Waals surface area contributed by atoms with Gasteiger partial charge in [-0.25, -0.2) is 10.2 Å². The van der Waals surface area contributed by atoms with Crippen LogP contribution in [0.2, 0.25) is 0 Å². The molecule has 2 atom stereocenters. The molecule has 13 heavy (non-hydrogen) atoms. The fourth-order valence-corrected chi connectivity index (χ4v) is 1.14. The summed E-state index contributed by atoms with van der Waals surface area (Å²) in [6.45, 7) is 0. The Morgan fingerprint density at radius 2 is 2.08 bits per heavy atom. The molecule has 74 valence electrons. The smallest absolute Gasteiger partial charge is 0.435 e. The molecule has 1 aliphatic rings. The second kappa shape index (κ2) is 3.74. The summed E-state index contributed by atoms with van der Waals surface area (Å²) in [5.41, 5.74) is 2.22. The van der Waals surface area contributed by atoms with E-state index in [1.165, 1.54) is 0 Å². The molecule has 0 bridgehead atoms. The molecular weight excluding hydrogens is 219 g/mol. The van der Waals surface area contributed by atoms with Gasteiger partial charge in [0, 0.05) is 0 Å². The van der Waals surface area contributed by atoms with Crippen molar-refractivity contribution in [3.63, 3.8) is 0 Å². The largest absolute Gasteiger partial charge is 0.509 e. The van der Waals surface area contributed by atoms with Gasteiger partial charge in [0.2, 0.25) is 0 Å². The van der Waals surface area contributed by atoms with Gasteiger partial charge in [0.05, 0.1) is 0 Å². The topological polar surface area (TPSA) is 93.7 Å². The van der Waals surface area contributed by atoms with Gasteiger partial charge in [0.15, 0.2) is 14.1 Å². The average molecular weight is 226 g/mol. The van der Waals surface area contributed by atoms with Gasteiger partial charge in [0.25, 0.3) is 9.06 Å². The van der Waals surface area contributed by atoms with Crippen molar-refractivity contribution in [3.05, 3.63) is 0 Å². The first kappa shape index (κ1) is 10.6. The van der Waals surface area contributed by atoms with Crippen molar-refractivity contribution in [2.75, 3.05) is 0 Å². The van der Waals surface area contributed by atoms with Crippen molar-refractivity contribution < 1.29 is 22.7 Å². The lowest BCUT2D eigenvalue weighted by molar-refractivity contribution is 0.107. The molecule has 0 aromatic rings. The van der Waals surface area contributed by atoms with E-state index in [2.05, 4.69) is 26.6 Å². The minimum atomic E-state index is -3.67. The predicted octanol–water partition coefficient (Wildman–Crippen LogP) is -2.29. The number of carbonyl (C=O) groups is 1. The Bertz CT molecular complexity index is 305. The zero-order valence-electron chi connectivity index (χ0n) is 6.55. The summed E-state index contributed by atoms with van der Waals surface area (Å²) >= 11 is 3.20. The number of nitrogens with one attached hydrogen (secondary N) is 2. The molecule has 2 N–H and O–H groups in total. The van der Waals surface area contributed by atoms with Crippen LogP contribution >= 0.6 is 11.7 Å². The number of hydrogen-bond acceptors (Lipinski definition) is 6. The van der Waals surface area contributed by atoms with Gasteiger partial charge in [-0.1, -0.05) is 0 Å². The lowest BCUT2D eigenvalue weighted by atomic mass is 9.99. The highest BCUT2D eigenvalue weighted by Gasteiger charge is 2.33. The number of rotatable bonds is 3. The van der Waals surface area contributed by atoms with Crippen LogP contribution in [0.25, 0.3) is 0 Å². The maximum absolute atomic E-state index is 10.5. The zero-order chi connectivity index (χ0) is 10.1. The van der Waals surface area contributed by atoms with Crippen LogP contribution in [0.1, 0.15) is 0 Å². The summed E-state index contributed by atoms with van der Waals surface area (Å²) < 4.78 is 30.1. The first-order valence-corrected chi connectivity index (χ1v) is 5.79. The van der Waals surface area contributed by atoms with Crippen LogP contribution in [-0.4, -0.2) is 34.7 Å². The first-order chi connectivity index (χ1) is 5.88. The molecule has 0 radical (unpaired) electrons. The van der Waals surface area contributed by atoms with Gasteiger partial charge < -0.3 is 9.47 Å². The highest BCUT2D eigenvalue weighted by Crippen LogP contribution is 2.08. The maximum atomic E-state index is 10.5. The molecular formula is C3H7BN2O5S2. The molecule has 0 aromatic heterocycles. The maximum Gasteiger partial charge on any atom is 0.509 e. The number of carbonyl (C=O) groups excluding carboxylic acids is 1. The minimum Gasteiger partial charge on any atom is -0.435 e. The molecule has 1 rings (SSSR count). The summed E-state index contributed by atoms with van der Waals surface area (Å²) in [4.78, 5) is 12.4. The van der Waals surface area contributed by atoms with E-state index in [1.54, 1.807) is 7.85 Å². The fourth-order valence-electron chi connectivity index (χ4n) is 0.720. The Balaban J connectivity index is 2.42. The second-order valence-corrected chi connectivity index (χ2v) is 4.93. The quantitative estimate of drug-likeness (QED) is 0.165. The van der Waals surface area contributed by atoms with Gasteiger partial charge in [-0.2, -0.15) is 8.42 Å². The van der Waals surface area contributed by atoms with Crippen LogP contribution in [0, 0.1) is 0 Å². The number of hydrazine groups is 1. The van der Waals surface area contributed by atoms with Gasteiger partial charge in [0.1, 0.15) is 6.00 Å². The summed E-state index contributed by atoms with van der Waals surface area (Å²) in [6.07, 6.45) is -1.68. The third-order valence-electron chi connectivity index (χ3n) is 1.26. The molecule has 1 aliphatic heterocycles. The molecule has 0 aliphatic carbocycles. The molecule has 1 saturated heterocycles. The third-order valence-corrected chi connectivity index (χ3v) is 1.91. The van der Waals surface area contributed by atoms with Gasteiger partial charge in [-0.15, -0.1) is 4.83 Å². The Kier molecular flexibility index (Phi) is 3.06. The summed E-state index contributed by atoms with van der Waals surface area (Å²) in [5.74, 6) is 0. The molecule has 1 fully saturated rings. The van der Waals surface area contributed by atoms with Crippen molar-refractivity contribution >= 4 is 34.7 Å². The van der Waals surface area contributed by atoms with Gasteiger partial charge in [-0.3, -0.25) is 0 Å². The normalized spacial score (nSPS) is 28.2. The molecule has 7 nitrogen and oxygen atoms in total. The third kappa shape index (κ3) is 3.42. The Hall–Kier alpha value is -0.445.